The minimum Gasteiger partial charge on any atom is -0.398 e. The van der Waals surface area contributed by atoms with Gasteiger partial charge in [0.25, 0.3) is 0 Å². The predicted molar refractivity (Wildman–Crippen MR) is 83.7 cm³/mol. The van der Waals surface area contributed by atoms with Crippen molar-refractivity contribution in [1.82, 2.24) is 4.90 Å². The molecule has 2 rings (SSSR count). The van der Waals surface area contributed by atoms with Crippen LogP contribution in [0.2, 0.25) is 0 Å². The zero-order valence-corrected chi connectivity index (χ0v) is 12.5. The molecule has 1 aliphatic heterocycles. The molecule has 0 radical (unpaired) electrons. The molecule has 1 aromatic rings. The fourth-order valence-corrected chi connectivity index (χ4v) is 2.73. The largest absolute Gasteiger partial charge is 0.398 e. The highest BCUT2D eigenvalue weighted by atomic mass is 16.2. The summed E-state index contributed by atoms with van der Waals surface area (Å²) in [6.45, 7) is 6.71. The summed E-state index contributed by atoms with van der Waals surface area (Å²) < 4.78 is 0. The molecular formula is C16H25N3O. The summed E-state index contributed by atoms with van der Waals surface area (Å²) in [5.41, 5.74) is 8.32. The number of piperidine rings is 1. The molecule has 1 aromatic carbocycles. The number of hydrogen-bond acceptors (Lipinski definition) is 3. The topological polar surface area (TPSA) is 58.4 Å². The molecule has 1 saturated heterocycles. The fourth-order valence-electron chi connectivity index (χ4n) is 2.73. The van der Waals surface area contributed by atoms with E-state index in [2.05, 4.69) is 17.1 Å². The van der Waals surface area contributed by atoms with Gasteiger partial charge in [-0.2, -0.15) is 0 Å². The van der Waals surface area contributed by atoms with E-state index < -0.39 is 0 Å². The third kappa shape index (κ3) is 3.73. The Hall–Kier alpha value is -1.55. The number of nitrogens with two attached hydrogens (primary N) is 1. The molecule has 1 amide bonds. The Kier molecular flexibility index (Phi) is 5.01. The molecule has 4 nitrogen and oxygen atoms in total. The molecule has 1 aliphatic rings. The number of anilines is 2. The molecule has 20 heavy (non-hydrogen) atoms. The number of benzene rings is 1. The lowest BCUT2D eigenvalue weighted by Gasteiger charge is -2.30. The third-order valence-corrected chi connectivity index (χ3v) is 4.30. The molecule has 0 saturated carbocycles. The van der Waals surface area contributed by atoms with Crippen molar-refractivity contribution in [2.45, 2.75) is 33.1 Å². The Balaban J connectivity index is 1.85. The van der Waals surface area contributed by atoms with E-state index in [1.807, 2.05) is 25.1 Å². The van der Waals surface area contributed by atoms with Crippen LogP contribution < -0.4 is 11.1 Å². The van der Waals surface area contributed by atoms with Gasteiger partial charge >= 0.3 is 0 Å². The molecular weight excluding hydrogens is 250 g/mol. The highest BCUT2D eigenvalue weighted by Crippen LogP contribution is 2.21. The minimum absolute atomic E-state index is 0.0497. The first-order valence-electron chi connectivity index (χ1n) is 7.47. The maximum Gasteiger partial charge on any atom is 0.238 e. The van der Waals surface area contributed by atoms with E-state index in [1.54, 1.807) is 0 Å². The molecule has 4 heteroatoms. The number of likely N-dealkylation sites (tertiary alicyclic amines) is 1. The second-order valence-corrected chi connectivity index (χ2v) is 5.70. The lowest BCUT2D eigenvalue weighted by molar-refractivity contribution is -0.117. The van der Waals surface area contributed by atoms with Gasteiger partial charge in [-0.05, 0) is 56.5 Å². The Morgan fingerprint density at radius 2 is 2.10 bits per heavy atom. The lowest BCUT2D eigenvalue weighted by atomic mass is 9.94. The number of amides is 1. The van der Waals surface area contributed by atoms with Crippen LogP contribution in [0.15, 0.2) is 18.2 Å². The summed E-state index contributed by atoms with van der Waals surface area (Å²) in [7, 11) is 0. The summed E-state index contributed by atoms with van der Waals surface area (Å²) >= 11 is 0. The van der Waals surface area contributed by atoms with Gasteiger partial charge in [-0.25, -0.2) is 0 Å². The van der Waals surface area contributed by atoms with E-state index in [9.17, 15) is 4.79 Å². The number of rotatable bonds is 4. The average molecular weight is 275 g/mol. The number of carbonyl (C=O) groups excluding carboxylic acids is 1. The Bertz CT molecular complexity index is 465. The van der Waals surface area contributed by atoms with Crippen LogP contribution in [0.1, 0.15) is 31.7 Å². The van der Waals surface area contributed by atoms with E-state index in [0.29, 0.717) is 12.2 Å². The summed E-state index contributed by atoms with van der Waals surface area (Å²) in [6, 6.07) is 5.61. The monoisotopic (exact) mass is 275 g/mol. The normalized spacial score (nSPS) is 17.1. The summed E-state index contributed by atoms with van der Waals surface area (Å²) in [4.78, 5) is 14.3. The van der Waals surface area contributed by atoms with E-state index in [1.165, 1.54) is 19.3 Å². The molecule has 1 fully saturated rings. The first-order chi connectivity index (χ1) is 9.60. The van der Waals surface area contributed by atoms with Gasteiger partial charge in [0.2, 0.25) is 5.91 Å². The van der Waals surface area contributed by atoms with Gasteiger partial charge in [0.15, 0.2) is 0 Å². The van der Waals surface area contributed by atoms with Crippen molar-refractivity contribution in [3.05, 3.63) is 23.8 Å². The minimum atomic E-state index is 0.0497. The third-order valence-electron chi connectivity index (χ3n) is 4.30. The Morgan fingerprint density at radius 3 is 2.75 bits per heavy atom. The van der Waals surface area contributed by atoms with Gasteiger partial charge in [-0.3, -0.25) is 9.69 Å². The van der Waals surface area contributed by atoms with Crippen LogP contribution in [0.4, 0.5) is 11.4 Å². The molecule has 1 heterocycles. The highest BCUT2D eigenvalue weighted by molar-refractivity contribution is 5.93. The first-order valence-corrected chi connectivity index (χ1v) is 7.47. The van der Waals surface area contributed by atoms with Crippen molar-refractivity contribution in [1.29, 1.82) is 0 Å². The van der Waals surface area contributed by atoms with Crippen molar-refractivity contribution in [3.63, 3.8) is 0 Å². The molecule has 0 atom stereocenters. The van der Waals surface area contributed by atoms with Crippen LogP contribution >= 0.6 is 0 Å². The van der Waals surface area contributed by atoms with Crippen LogP contribution in [-0.4, -0.2) is 30.4 Å². The lowest BCUT2D eigenvalue weighted by Crippen LogP contribution is -2.39. The quantitative estimate of drug-likeness (QED) is 0.831. The van der Waals surface area contributed by atoms with Crippen LogP contribution in [0.3, 0.4) is 0 Å². The van der Waals surface area contributed by atoms with Gasteiger partial charge in [0, 0.05) is 11.4 Å². The number of nitrogens with one attached hydrogen (secondary N) is 1. The molecule has 0 aromatic heterocycles. The van der Waals surface area contributed by atoms with Gasteiger partial charge in [-0.15, -0.1) is 0 Å². The van der Waals surface area contributed by atoms with E-state index >= 15 is 0 Å². The number of nitrogen functional groups attached to an aromatic ring is 1. The zero-order valence-electron chi connectivity index (χ0n) is 12.5. The standard InChI is InChI=1S/C16H25N3O/c1-3-13-7-9-19(10-8-13)11-16(20)18-15-6-4-5-14(17)12(15)2/h4-6,13H,3,7-11,17H2,1-2H3,(H,18,20). The van der Waals surface area contributed by atoms with Gasteiger partial charge in [-0.1, -0.05) is 19.4 Å². The van der Waals surface area contributed by atoms with E-state index in [0.717, 1.165) is 30.3 Å². The summed E-state index contributed by atoms with van der Waals surface area (Å²) in [5.74, 6) is 0.888. The van der Waals surface area contributed by atoms with Gasteiger partial charge < -0.3 is 11.1 Å². The van der Waals surface area contributed by atoms with Crippen LogP contribution in [0, 0.1) is 12.8 Å². The first kappa shape index (κ1) is 14.9. The van der Waals surface area contributed by atoms with Crippen molar-refractivity contribution in [2.24, 2.45) is 5.92 Å². The van der Waals surface area contributed by atoms with Gasteiger partial charge in [0.1, 0.15) is 0 Å². The summed E-state index contributed by atoms with van der Waals surface area (Å²) in [5, 5.41) is 2.96. The Morgan fingerprint density at radius 1 is 1.40 bits per heavy atom. The fraction of sp³-hybridized carbons (Fsp3) is 0.562. The van der Waals surface area contributed by atoms with E-state index in [-0.39, 0.29) is 5.91 Å². The SMILES string of the molecule is CCC1CCN(CC(=O)Nc2cccc(N)c2C)CC1. The predicted octanol–water partition coefficient (Wildman–Crippen LogP) is 2.64. The average Bonchev–Trinajstić information content (AvgIpc) is 2.45. The number of nitrogens with zero attached hydrogens (tertiary/aromatic N) is 1. The maximum atomic E-state index is 12.1. The van der Waals surface area contributed by atoms with E-state index in [4.69, 9.17) is 5.73 Å². The van der Waals surface area contributed by atoms with Crippen molar-refractivity contribution in [3.8, 4) is 0 Å². The van der Waals surface area contributed by atoms with Crippen molar-refractivity contribution < 1.29 is 4.79 Å². The Labute approximate surface area is 121 Å². The number of carbonyl (C=O) groups is 1. The van der Waals surface area contributed by atoms with Crippen molar-refractivity contribution >= 4 is 17.3 Å². The molecule has 3 N–H and O–H groups in total. The van der Waals surface area contributed by atoms with Crippen molar-refractivity contribution in [2.75, 3.05) is 30.7 Å². The second-order valence-electron chi connectivity index (χ2n) is 5.70. The smallest absolute Gasteiger partial charge is 0.238 e. The maximum absolute atomic E-state index is 12.1. The molecule has 0 aliphatic carbocycles. The van der Waals surface area contributed by atoms with Crippen LogP contribution in [0.25, 0.3) is 0 Å². The number of hydrogen-bond donors (Lipinski definition) is 2. The zero-order chi connectivity index (χ0) is 14.5. The molecule has 110 valence electrons. The van der Waals surface area contributed by atoms with Gasteiger partial charge in [0.05, 0.1) is 6.54 Å². The second kappa shape index (κ2) is 6.75. The molecule has 0 bridgehead atoms. The summed E-state index contributed by atoms with van der Waals surface area (Å²) in [6.07, 6.45) is 3.67. The molecule has 0 spiro atoms. The highest BCUT2D eigenvalue weighted by Gasteiger charge is 2.19. The van der Waals surface area contributed by atoms with Crippen LogP contribution in [0.5, 0.6) is 0 Å². The van der Waals surface area contributed by atoms with Crippen LogP contribution in [-0.2, 0) is 4.79 Å². The molecule has 0 unspecified atom stereocenters.